The van der Waals surface area contributed by atoms with Crippen molar-refractivity contribution in [3.05, 3.63) is 88.0 Å². The Morgan fingerprint density at radius 3 is 2.71 bits per heavy atom. The number of halogens is 4. The lowest BCUT2D eigenvalue weighted by Crippen LogP contribution is -2.55. The summed E-state index contributed by atoms with van der Waals surface area (Å²) < 4.78 is 56.9. The summed E-state index contributed by atoms with van der Waals surface area (Å²) in [6.45, 7) is 0.928. The van der Waals surface area contributed by atoms with Crippen LogP contribution in [0.3, 0.4) is 0 Å². The van der Waals surface area contributed by atoms with Crippen molar-refractivity contribution in [3.63, 3.8) is 0 Å². The van der Waals surface area contributed by atoms with Gasteiger partial charge in [-0.25, -0.2) is 23.3 Å². The van der Waals surface area contributed by atoms with Crippen molar-refractivity contribution in [2.24, 2.45) is 11.3 Å². The zero-order chi connectivity index (χ0) is 26.5. The lowest BCUT2D eigenvalue weighted by Gasteiger charge is -2.49. The van der Waals surface area contributed by atoms with Crippen LogP contribution in [0.2, 0.25) is 0 Å². The summed E-state index contributed by atoms with van der Waals surface area (Å²) >= 11 is 2.49. The van der Waals surface area contributed by atoms with Crippen LogP contribution in [-0.2, 0) is 19.0 Å². The lowest BCUT2D eigenvalue weighted by atomic mass is 9.60. The first kappa shape index (κ1) is 25.2. The Labute approximate surface area is 223 Å². The molecule has 0 amide bonds. The van der Waals surface area contributed by atoms with Crippen LogP contribution in [-0.4, -0.2) is 42.9 Å². The number of rotatable bonds is 5. The van der Waals surface area contributed by atoms with E-state index in [-0.39, 0.29) is 22.5 Å². The van der Waals surface area contributed by atoms with Gasteiger partial charge < -0.3 is 0 Å². The van der Waals surface area contributed by atoms with Crippen molar-refractivity contribution in [1.29, 1.82) is 0 Å². The molecule has 38 heavy (non-hydrogen) atoms. The summed E-state index contributed by atoms with van der Waals surface area (Å²) in [5.41, 5.74) is 2.93. The summed E-state index contributed by atoms with van der Waals surface area (Å²) in [6, 6.07) is 9.97. The van der Waals surface area contributed by atoms with Gasteiger partial charge in [-0.1, -0.05) is 6.07 Å². The second-order valence-corrected chi connectivity index (χ2v) is 11.4. The maximum atomic E-state index is 14.0. The first-order chi connectivity index (χ1) is 18.2. The molecule has 2 atom stereocenters. The van der Waals surface area contributed by atoms with Crippen molar-refractivity contribution in [2.45, 2.75) is 30.5 Å². The minimum atomic E-state index is -4.53. The van der Waals surface area contributed by atoms with Crippen molar-refractivity contribution >= 4 is 29.1 Å². The Hall–Kier alpha value is -3.09. The number of piperidine rings is 1. The number of hydrogen-bond donors (Lipinski definition) is 0. The highest BCUT2D eigenvalue weighted by atomic mass is 32.2. The molecule has 0 spiro atoms. The molecule has 196 valence electrons. The number of benzene rings is 1. The third-order valence-electron chi connectivity index (χ3n) is 7.29. The standard InChI is InChI=1S/C26H21F4N5OS2/c27-18-4-6-19(7-5-18)35-21-10-17-8-9-34(38-23-3-1-2-22(33-23)26(28,29)30)14-25(17,11-16(21)12-32-35)24(36)20-13-37-15-31-20/h1-7,12-13,15,17H,8-11,14H2/t17-,25-/m0/s1. The molecule has 1 aromatic carbocycles. The fourth-order valence-electron chi connectivity index (χ4n) is 5.50. The van der Waals surface area contributed by atoms with E-state index in [0.29, 0.717) is 38.0 Å². The highest BCUT2D eigenvalue weighted by Crippen LogP contribution is 2.49. The largest absolute Gasteiger partial charge is 0.433 e. The number of aromatic nitrogens is 4. The molecule has 0 radical (unpaired) electrons. The SMILES string of the molecule is O=C(c1cscn1)[C@]12Cc3cnn(-c4ccc(F)cc4)c3C[C@@H]1CCN(Sc1cccc(C(F)(F)F)n1)C2. The molecular formula is C26H21F4N5OS2. The third-order valence-corrected chi connectivity index (χ3v) is 8.86. The minimum absolute atomic E-state index is 0.0218. The van der Waals surface area contributed by atoms with Crippen LogP contribution in [0.5, 0.6) is 0 Å². The lowest BCUT2D eigenvalue weighted by molar-refractivity contribution is -0.141. The van der Waals surface area contributed by atoms with Gasteiger partial charge in [0.1, 0.15) is 22.2 Å². The summed E-state index contributed by atoms with van der Waals surface area (Å²) in [5.74, 6) is -0.416. The van der Waals surface area contributed by atoms with E-state index in [0.717, 1.165) is 35.0 Å². The zero-order valence-corrected chi connectivity index (χ0v) is 21.5. The molecule has 0 saturated carbocycles. The van der Waals surface area contributed by atoms with Crippen LogP contribution >= 0.6 is 23.3 Å². The van der Waals surface area contributed by atoms with Crippen LogP contribution in [0, 0.1) is 17.2 Å². The van der Waals surface area contributed by atoms with Crippen LogP contribution < -0.4 is 0 Å². The molecule has 6 nitrogen and oxygen atoms in total. The van der Waals surface area contributed by atoms with E-state index >= 15 is 0 Å². The maximum Gasteiger partial charge on any atom is 0.433 e. The number of nitrogens with zero attached hydrogens (tertiary/aromatic N) is 5. The minimum Gasteiger partial charge on any atom is -0.292 e. The third kappa shape index (κ3) is 4.54. The van der Waals surface area contributed by atoms with Crippen molar-refractivity contribution < 1.29 is 22.4 Å². The van der Waals surface area contributed by atoms with Gasteiger partial charge in [0, 0.05) is 24.2 Å². The summed E-state index contributed by atoms with van der Waals surface area (Å²) in [5, 5.41) is 6.54. The van der Waals surface area contributed by atoms with Gasteiger partial charge in [0.05, 0.1) is 22.8 Å². The fraction of sp³-hybridized carbons (Fsp3) is 0.308. The van der Waals surface area contributed by atoms with Gasteiger partial charge in [0.2, 0.25) is 0 Å². The number of hydrogen-bond acceptors (Lipinski definition) is 7. The van der Waals surface area contributed by atoms with Crippen LogP contribution in [0.1, 0.15) is 33.9 Å². The van der Waals surface area contributed by atoms with Gasteiger partial charge in [-0.15, -0.1) is 11.3 Å². The summed E-state index contributed by atoms with van der Waals surface area (Å²) in [6.07, 6.45) is -1.09. The average Bonchev–Trinajstić information content (AvgIpc) is 3.57. The molecule has 2 aliphatic rings. The number of thiazole rings is 1. The average molecular weight is 560 g/mol. The number of ketones is 1. The Morgan fingerprint density at radius 1 is 1.16 bits per heavy atom. The van der Waals surface area contributed by atoms with E-state index in [9.17, 15) is 22.4 Å². The van der Waals surface area contributed by atoms with Crippen LogP contribution in [0.25, 0.3) is 5.69 Å². The Kier molecular flexibility index (Phi) is 6.36. The van der Waals surface area contributed by atoms with Gasteiger partial charge in [-0.2, -0.15) is 18.3 Å². The Balaban J connectivity index is 1.34. The van der Waals surface area contributed by atoms with E-state index in [1.165, 1.54) is 29.5 Å². The molecule has 0 bridgehead atoms. The Bertz CT molecular complexity index is 1470. The molecule has 1 saturated heterocycles. The van der Waals surface area contributed by atoms with Crippen molar-refractivity contribution in [3.8, 4) is 5.69 Å². The fourth-order valence-corrected chi connectivity index (χ4v) is 7.07. The molecule has 6 rings (SSSR count). The molecule has 1 aliphatic heterocycles. The summed E-state index contributed by atoms with van der Waals surface area (Å²) in [4.78, 5) is 22.1. The van der Waals surface area contributed by atoms with E-state index < -0.39 is 17.3 Å². The van der Waals surface area contributed by atoms with Gasteiger partial charge in [0.15, 0.2) is 5.78 Å². The highest BCUT2D eigenvalue weighted by molar-refractivity contribution is 7.97. The number of fused-ring (bicyclic) bond motifs is 2. The smallest absolute Gasteiger partial charge is 0.292 e. The number of carbonyl (C=O) groups is 1. The number of pyridine rings is 1. The van der Waals surface area contributed by atoms with Gasteiger partial charge in [-0.05, 0) is 79.1 Å². The van der Waals surface area contributed by atoms with Gasteiger partial charge in [-0.3, -0.25) is 4.79 Å². The van der Waals surface area contributed by atoms with Crippen LogP contribution in [0.15, 0.2) is 64.6 Å². The molecule has 0 N–H and O–H groups in total. The van der Waals surface area contributed by atoms with Gasteiger partial charge >= 0.3 is 6.18 Å². The second-order valence-electron chi connectivity index (χ2n) is 9.54. The van der Waals surface area contributed by atoms with Gasteiger partial charge in [0.25, 0.3) is 0 Å². The predicted octanol–water partition coefficient (Wildman–Crippen LogP) is 5.88. The van der Waals surface area contributed by atoms with Crippen molar-refractivity contribution in [2.75, 3.05) is 13.1 Å². The molecule has 12 heteroatoms. The number of alkyl halides is 3. The maximum absolute atomic E-state index is 14.0. The highest BCUT2D eigenvalue weighted by Gasteiger charge is 2.53. The molecule has 1 fully saturated rings. The molecule has 0 unspecified atom stereocenters. The van der Waals surface area contributed by atoms with E-state index in [1.54, 1.807) is 40.0 Å². The van der Waals surface area contributed by atoms with E-state index in [4.69, 9.17) is 0 Å². The molecule has 4 heterocycles. The monoisotopic (exact) mass is 559 g/mol. The van der Waals surface area contributed by atoms with Crippen molar-refractivity contribution in [1.82, 2.24) is 24.1 Å². The quantitative estimate of drug-likeness (QED) is 0.173. The van der Waals surface area contributed by atoms with Crippen LogP contribution in [0.4, 0.5) is 17.6 Å². The Morgan fingerprint density at radius 2 is 1.97 bits per heavy atom. The number of Topliss-reactive ketones (excluding diaryl/α,β-unsaturated/α-hetero) is 1. The molecule has 4 aromatic rings. The first-order valence-corrected chi connectivity index (χ1v) is 13.7. The molecular weight excluding hydrogens is 538 g/mol. The predicted molar refractivity (Wildman–Crippen MR) is 135 cm³/mol. The normalized spacial score (nSPS) is 21.6. The van der Waals surface area contributed by atoms with E-state index in [1.807, 2.05) is 4.31 Å². The second kappa shape index (κ2) is 9.58. The topological polar surface area (TPSA) is 63.9 Å². The molecule has 1 aliphatic carbocycles. The van der Waals surface area contributed by atoms with E-state index in [2.05, 4.69) is 15.1 Å². The molecule has 3 aromatic heterocycles. The first-order valence-electron chi connectivity index (χ1n) is 11.9. The zero-order valence-electron chi connectivity index (χ0n) is 19.9. The number of carbonyl (C=O) groups excluding carboxylic acids is 1. The summed E-state index contributed by atoms with van der Waals surface area (Å²) in [7, 11) is 0.